The average molecular weight is 499 g/mol. The molecule has 0 atom stereocenters. The van der Waals surface area contributed by atoms with Crippen molar-refractivity contribution in [3.63, 3.8) is 0 Å². The molecule has 2 saturated heterocycles. The number of benzene rings is 1. The summed E-state index contributed by atoms with van der Waals surface area (Å²) in [6.45, 7) is 3.72. The van der Waals surface area contributed by atoms with Crippen molar-refractivity contribution in [2.24, 2.45) is 5.92 Å². The van der Waals surface area contributed by atoms with Crippen LogP contribution in [0.15, 0.2) is 33.7 Å². The van der Waals surface area contributed by atoms with Crippen LogP contribution in [0.5, 0.6) is 0 Å². The van der Waals surface area contributed by atoms with Gasteiger partial charge in [-0.1, -0.05) is 16.8 Å². The predicted molar refractivity (Wildman–Crippen MR) is 117 cm³/mol. The third-order valence-electron chi connectivity index (χ3n) is 6.05. The summed E-state index contributed by atoms with van der Waals surface area (Å²) < 4.78 is 45.4. The highest BCUT2D eigenvalue weighted by Crippen LogP contribution is 2.27. The van der Waals surface area contributed by atoms with E-state index in [1.165, 1.54) is 10.4 Å². The summed E-state index contributed by atoms with van der Waals surface area (Å²) in [6, 6.07) is 4.90. The van der Waals surface area contributed by atoms with Crippen molar-refractivity contribution in [2.45, 2.75) is 24.7 Å². The third kappa shape index (κ3) is 4.90. The number of rotatable bonds is 4. The minimum Gasteiger partial charge on any atom is -0.351 e. The van der Waals surface area contributed by atoms with Crippen LogP contribution < -0.4 is 0 Å². The number of amides is 2. The van der Waals surface area contributed by atoms with E-state index in [-0.39, 0.29) is 46.5 Å². The van der Waals surface area contributed by atoms with Crippen molar-refractivity contribution in [3.05, 3.63) is 46.6 Å². The van der Waals surface area contributed by atoms with Gasteiger partial charge in [0.2, 0.25) is 21.7 Å². The van der Waals surface area contributed by atoms with Crippen LogP contribution in [0.2, 0.25) is 5.02 Å². The number of piperazine rings is 1. The Labute approximate surface area is 196 Å². The van der Waals surface area contributed by atoms with E-state index in [1.807, 2.05) is 0 Å². The molecule has 0 unspecified atom stereocenters. The summed E-state index contributed by atoms with van der Waals surface area (Å²) >= 11 is 5.73. The molecule has 0 bridgehead atoms. The maximum Gasteiger partial charge on any atom is 0.292 e. The number of aromatic nitrogens is 1. The van der Waals surface area contributed by atoms with Crippen molar-refractivity contribution in [2.75, 3.05) is 39.3 Å². The monoisotopic (exact) mass is 498 g/mol. The molecule has 1 aromatic carbocycles. The minimum absolute atomic E-state index is 0.0283. The van der Waals surface area contributed by atoms with E-state index in [4.69, 9.17) is 16.1 Å². The van der Waals surface area contributed by atoms with Crippen LogP contribution in [0, 0.1) is 18.7 Å². The second-order valence-electron chi connectivity index (χ2n) is 8.20. The second kappa shape index (κ2) is 9.40. The van der Waals surface area contributed by atoms with Crippen LogP contribution in [-0.4, -0.2) is 78.8 Å². The number of hydrogen-bond acceptors (Lipinski definition) is 6. The van der Waals surface area contributed by atoms with Gasteiger partial charge >= 0.3 is 0 Å². The lowest BCUT2D eigenvalue weighted by atomic mass is 9.96. The molecule has 1 aromatic heterocycles. The van der Waals surface area contributed by atoms with Crippen LogP contribution in [0.4, 0.5) is 4.39 Å². The molecule has 12 heteroatoms. The first kappa shape index (κ1) is 23.7. The Morgan fingerprint density at radius 1 is 1.06 bits per heavy atom. The third-order valence-corrected chi connectivity index (χ3v) is 8.23. The van der Waals surface area contributed by atoms with E-state index in [1.54, 1.807) is 22.8 Å². The first-order valence-corrected chi connectivity index (χ1v) is 12.4. The van der Waals surface area contributed by atoms with Gasteiger partial charge in [0.05, 0.1) is 15.6 Å². The number of aryl methyl sites for hydroxylation is 1. The Kier molecular flexibility index (Phi) is 6.73. The molecule has 0 saturated carbocycles. The normalized spacial score (nSPS) is 18.5. The van der Waals surface area contributed by atoms with Gasteiger partial charge in [-0.25, -0.2) is 12.8 Å². The molecular formula is C21H24ClFN4O5S. The summed E-state index contributed by atoms with van der Waals surface area (Å²) in [5.74, 6) is -1.06. The highest BCUT2D eigenvalue weighted by Gasteiger charge is 2.35. The lowest BCUT2D eigenvalue weighted by molar-refractivity contribution is -0.138. The second-order valence-corrected chi connectivity index (χ2v) is 10.5. The Hall–Kier alpha value is -2.50. The van der Waals surface area contributed by atoms with Gasteiger partial charge in [0.15, 0.2) is 0 Å². The highest BCUT2D eigenvalue weighted by atomic mass is 35.5. The molecule has 2 fully saturated rings. The zero-order valence-corrected chi connectivity index (χ0v) is 19.6. The van der Waals surface area contributed by atoms with Gasteiger partial charge in [-0.15, -0.1) is 0 Å². The van der Waals surface area contributed by atoms with Gasteiger partial charge in [-0.05, 0) is 38.0 Å². The standard InChI is InChI=1S/C21H24ClFN4O5S/c1-14-12-19(32-24-14)21(29)26-10-8-25(9-11-26)20(28)15-4-6-27(7-5-15)33(30,31)16-2-3-18(23)17(22)13-16/h2-3,12-13,15H,4-11H2,1H3. The molecule has 0 spiro atoms. The number of carbonyl (C=O) groups excluding carboxylic acids is 2. The number of carbonyl (C=O) groups is 2. The van der Waals surface area contributed by atoms with Crippen molar-refractivity contribution < 1.29 is 26.9 Å². The van der Waals surface area contributed by atoms with E-state index in [0.717, 1.165) is 12.1 Å². The van der Waals surface area contributed by atoms with Crippen LogP contribution in [0.1, 0.15) is 29.1 Å². The fourth-order valence-electron chi connectivity index (χ4n) is 4.14. The fraction of sp³-hybridized carbons (Fsp3) is 0.476. The maximum absolute atomic E-state index is 13.4. The summed E-state index contributed by atoms with van der Waals surface area (Å²) in [6.07, 6.45) is 0.785. The average Bonchev–Trinajstić information content (AvgIpc) is 3.26. The molecule has 2 aliphatic heterocycles. The molecule has 178 valence electrons. The number of hydrogen-bond donors (Lipinski definition) is 0. The van der Waals surface area contributed by atoms with E-state index >= 15 is 0 Å². The first-order chi connectivity index (χ1) is 15.7. The Morgan fingerprint density at radius 2 is 1.70 bits per heavy atom. The molecule has 0 radical (unpaired) electrons. The smallest absolute Gasteiger partial charge is 0.292 e. The number of sulfonamides is 1. The van der Waals surface area contributed by atoms with Gasteiger partial charge in [0.25, 0.3) is 5.91 Å². The molecule has 3 heterocycles. The quantitative estimate of drug-likeness (QED) is 0.640. The highest BCUT2D eigenvalue weighted by molar-refractivity contribution is 7.89. The van der Waals surface area contributed by atoms with Crippen molar-refractivity contribution >= 4 is 33.4 Å². The van der Waals surface area contributed by atoms with Crippen molar-refractivity contribution in [3.8, 4) is 0 Å². The SMILES string of the molecule is Cc1cc(C(=O)N2CCN(C(=O)C3CCN(S(=O)(=O)c4ccc(F)c(Cl)c4)CC3)CC2)on1. The Balaban J connectivity index is 1.31. The van der Waals surface area contributed by atoms with Crippen LogP contribution in [-0.2, 0) is 14.8 Å². The van der Waals surface area contributed by atoms with Gasteiger partial charge < -0.3 is 14.3 Å². The topological polar surface area (TPSA) is 104 Å². The first-order valence-electron chi connectivity index (χ1n) is 10.6. The largest absolute Gasteiger partial charge is 0.351 e. The summed E-state index contributed by atoms with van der Waals surface area (Å²) in [5, 5.41) is 3.48. The molecule has 2 amide bonds. The van der Waals surface area contributed by atoms with Crippen molar-refractivity contribution in [1.29, 1.82) is 0 Å². The van der Waals surface area contributed by atoms with Gasteiger partial charge in [-0.3, -0.25) is 9.59 Å². The Bertz CT molecular complexity index is 1160. The molecule has 2 aliphatic rings. The summed E-state index contributed by atoms with van der Waals surface area (Å²) in [4.78, 5) is 28.7. The van der Waals surface area contributed by atoms with Crippen LogP contribution in [0.3, 0.4) is 0 Å². The maximum atomic E-state index is 13.4. The number of piperidine rings is 1. The number of halogens is 2. The molecule has 33 heavy (non-hydrogen) atoms. The van der Waals surface area contributed by atoms with Gasteiger partial charge in [0.1, 0.15) is 5.82 Å². The summed E-state index contributed by atoms with van der Waals surface area (Å²) in [5.41, 5.74) is 0.628. The zero-order valence-electron chi connectivity index (χ0n) is 18.0. The van der Waals surface area contributed by atoms with Crippen LogP contribution in [0.25, 0.3) is 0 Å². The van der Waals surface area contributed by atoms with E-state index < -0.39 is 15.8 Å². The summed E-state index contributed by atoms with van der Waals surface area (Å²) in [7, 11) is -3.82. The fourth-order valence-corrected chi connectivity index (χ4v) is 5.88. The van der Waals surface area contributed by atoms with E-state index in [9.17, 15) is 22.4 Å². The lowest BCUT2D eigenvalue weighted by Gasteiger charge is -2.38. The van der Waals surface area contributed by atoms with E-state index in [0.29, 0.717) is 44.7 Å². The minimum atomic E-state index is -3.82. The molecule has 4 rings (SSSR count). The van der Waals surface area contributed by atoms with Crippen LogP contribution >= 0.6 is 11.6 Å². The molecular weight excluding hydrogens is 475 g/mol. The molecule has 0 aliphatic carbocycles. The zero-order chi connectivity index (χ0) is 23.8. The lowest BCUT2D eigenvalue weighted by Crippen LogP contribution is -2.53. The number of nitrogens with zero attached hydrogens (tertiary/aromatic N) is 4. The van der Waals surface area contributed by atoms with E-state index in [2.05, 4.69) is 5.16 Å². The van der Waals surface area contributed by atoms with Gasteiger partial charge in [-0.2, -0.15) is 4.31 Å². The van der Waals surface area contributed by atoms with Gasteiger partial charge in [0, 0.05) is 51.3 Å². The molecule has 0 N–H and O–H groups in total. The predicted octanol–water partition coefficient (Wildman–Crippen LogP) is 2.16. The molecule has 2 aromatic rings. The molecule has 9 nitrogen and oxygen atoms in total. The van der Waals surface area contributed by atoms with Crippen molar-refractivity contribution in [1.82, 2.24) is 19.3 Å². The Morgan fingerprint density at radius 3 is 2.27 bits per heavy atom.